The molecule has 0 amide bonds. The summed E-state index contributed by atoms with van der Waals surface area (Å²) in [5, 5.41) is 0.702. The van der Waals surface area contributed by atoms with Crippen molar-refractivity contribution in [3.05, 3.63) is 23.2 Å². The minimum absolute atomic E-state index is 0.412. The van der Waals surface area contributed by atoms with E-state index in [4.69, 9.17) is 17.3 Å². The van der Waals surface area contributed by atoms with Gasteiger partial charge in [-0.05, 0) is 44.6 Å². The molecule has 1 aliphatic rings. The van der Waals surface area contributed by atoms with E-state index in [-0.39, 0.29) is 0 Å². The molecule has 2 heterocycles. The van der Waals surface area contributed by atoms with Gasteiger partial charge < -0.3 is 15.2 Å². The molecule has 0 aliphatic carbocycles. The number of hydrogen-bond donors (Lipinski definition) is 1. The summed E-state index contributed by atoms with van der Waals surface area (Å²) in [7, 11) is 2.15. The van der Waals surface area contributed by atoms with E-state index in [1.54, 1.807) is 0 Å². The van der Waals surface area contributed by atoms with Gasteiger partial charge in [0.15, 0.2) is 0 Å². The highest BCUT2D eigenvalue weighted by atomic mass is 35.5. The van der Waals surface area contributed by atoms with Crippen molar-refractivity contribution in [3.63, 3.8) is 0 Å². The van der Waals surface area contributed by atoms with Gasteiger partial charge in [0.1, 0.15) is 0 Å². The largest absolute Gasteiger partial charge is 0.369 e. The Bertz CT molecular complexity index is 578. The fourth-order valence-electron chi connectivity index (χ4n) is 2.82. The van der Waals surface area contributed by atoms with Gasteiger partial charge in [-0.25, -0.2) is 4.98 Å². The van der Waals surface area contributed by atoms with E-state index in [9.17, 15) is 0 Å². The Labute approximate surface area is 111 Å². The first kappa shape index (κ1) is 11.8. The fourth-order valence-corrected chi connectivity index (χ4v) is 2.99. The Morgan fingerprint density at radius 3 is 3.06 bits per heavy atom. The Morgan fingerprint density at radius 1 is 1.44 bits per heavy atom. The smallest absolute Gasteiger partial charge is 0.201 e. The number of nitrogens with two attached hydrogens (primary N) is 1. The number of hydrogen-bond acceptors (Lipinski definition) is 3. The third-order valence-electron chi connectivity index (χ3n) is 3.64. The maximum absolute atomic E-state index is 6.07. The normalized spacial score (nSPS) is 21.6. The van der Waals surface area contributed by atoms with Crippen molar-refractivity contribution in [2.24, 2.45) is 0 Å². The molecule has 2 N–H and O–H groups in total. The zero-order valence-corrected chi connectivity index (χ0v) is 11.2. The third-order valence-corrected chi connectivity index (χ3v) is 3.88. The molecule has 1 aromatic carbocycles. The Balaban J connectivity index is 2.07. The van der Waals surface area contributed by atoms with Crippen LogP contribution in [0, 0.1) is 0 Å². The average Bonchev–Trinajstić information content (AvgIpc) is 2.64. The molecule has 5 heteroatoms. The van der Waals surface area contributed by atoms with Crippen LogP contribution in [-0.4, -0.2) is 34.6 Å². The Morgan fingerprint density at radius 2 is 2.28 bits per heavy atom. The van der Waals surface area contributed by atoms with Crippen molar-refractivity contribution in [2.45, 2.75) is 18.9 Å². The number of benzene rings is 1. The minimum atomic E-state index is 0.412. The lowest BCUT2D eigenvalue weighted by molar-refractivity contribution is 0.216. The first-order valence-corrected chi connectivity index (χ1v) is 6.64. The first-order chi connectivity index (χ1) is 8.65. The van der Waals surface area contributed by atoms with E-state index in [1.807, 2.05) is 18.2 Å². The van der Waals surface area contributed by atoms with Crippen molar-refractivity contribution in [3.8, 4) is 0 Å². The Hall–Kier alpha value is -1.26. The molecule has 0 radical (unpaired) electrons. The van der Waals surface area contributed by atoms with Gasteiger partial charge in [0, 0.05) is 17.6 Å². The molecule has 1 atom stereocenters. The fraction of sp³-hybridized carbons (Fsp3) is 0.462. The van der Waals surface area contributed by atoms with E-state index in [2.05, 4.69) is 21.5 Å². The molecule has 4 nitrogen and oxygen atoms in total. The average molecular weight is 265 g/mol. The molecule has 1 saturated heterocycles. The van der Waals surface area contributed by atoms with Gasteiger partial charge in [-0.3, -0.25) is 0 Å². The van der Waals surface area contributed by atoms with E-state index >= 15 is 0 Å². The summed E-state index contributed by atoms with van der Waals surface area (Å²) in [6.07, 6.45) is 2.36. The Kier molecular flexibility index (Phi) is 2.92. The summed E-state index contributed by atoms with van der Waals surface area (Å²) >= 11 is 5.99. The number of nitrogens with zero attached hydrogens (tertiary/aromatic N) is 3. The van der Waals surface area contributed by atoms with Crippen molar-refractivity contribution >= 4 is 28.6 Å². The van der Waals surface area contributed by atoms with Crippen LogP contribution >= 0.6 is 11.6 Å². The molecule has 1 unspecified atom stereocenters. The van der Waals surface area contributed by atoms with Gasteiger partial charge in [0.2, 0.25) is 5.95 Å². The van der Waals surface area contributed by atoms with Gasteiger partial charge >= 0.3 is 0 Å². The lowest BCUT2D eigenvalue weighted by Gasteiger charge is -2.31. The molecule has 1 aromatic heterocycles. The standard InChI is InChI=1S/C13H17ClN4/c1-17-6-2-3-10(8-17)18-12-5-4-9(14)7-11(12)16-13(18)15/h4-5,7,10H,2-3,6,8H2,1H3,(H2,15,16). The lowest BCUT2D eigenvalue weighted by Crippen LogP contribution is -2.33. The molecule has 96 valence electrons. The van der Waals surface area contributed by atoms with Gasteiger partial charge in [0.25, 0.3) is 0 Å². The van der Waals surface area contributed by atoms with Crippen LogP contribution < -0.4 is 5.73 Å². The number of fused-ring (bicyclic) bond motifs is 1. The number of aromatic nitrogens is 2. The maximum Gasteiger partial charge on any atom is 0.201 e. The monoisotopic (exact) mass is 264 g/mol. The molecule has 18 heavy (non-hydrogen) atoms. The number of likely N-dealkylation sites (N-methyl/N-ethyl adjacent to an activating group) is 1. The highest BCUT2D eigenvalue weighted by Gasteiger charge is 2.22. The molecule has 1 fully saturated rings. The number of rotatable bonds is 1. The van der Waals surface area contributed by atoms with E-state index in [0.717, 1.165) is 30.5 Å². The lowest BCUT2D eigenvalue weighted by atomic mass is 10.1. The summed E-state index contributed by atoms with van der Waals surface area (Å²) in [6.45, 7) is 2.19. The van der Waals surface area contributed by atoms with E-state index in [1.165, 1.54) is 6.42 Å². The number of nitrogen functional groups attached to an aromatic ring is 1. The molecule has 0 spiro atoms. The van der Waals surface area contributed by atoms with Gasteiger partial charge in [0.05, 0.1) is 11.0 Å². The molecule has 0 bridgehead atoms. The number of halogens is 1. The van der Waals surface area contributed by atoms with Crippen molar-refractivity contribution < 1.29 is 0 Å². The van der Waals surface area contributed by atoms with Gasteiger partial charge in [-0.1, -0.05) is 11.6 Å². The zero-order chi connectivity index (χ0) is 12.7. The SMILES string of the molecule is CN1CCCC(n2c(N)nc3cc(Cl)ccc32)C1. The molecule has 0 saturated carbocycles. The predicted molar refractivity (Wildman–Crippen MR) is 74.9 cm³/mol. The number of piperidine rings is 1. The van der Waals surface area contributed by atoms with Crippen LogP contribution in [-0.2, 0) is 0 Å². The summed E-state index contributed by atoms with van der Waals surface area (Å²) < 4.78 is 2.15. The topological polar surface area (TPSA) is 47.1 Å². The van der Waals surface area contributed by atoms with Crippen molar-refractivity contribution in [2.75, 3.05) is 25.9 Å². The number of likely N-dealkylation sites (tertiary alicyclic amines) is 1. The molecular formula is C13H17ClN4. The van der Waals surface area contributed by atoms with E-state index < -0.39 is 0 Å². The second kappa shape index (κ2) is 4.44. The van der Waals surface area contributed by atoms with Crippen molar-refractivity contribution in [1.29, 1.82) is 0 Å². The highest BCUT2D eigenvalue weighted by Crippen LogP contribution is 2.29. The summed E-state index contributed by atoms with van der Waals surface area (Å²) in [5.74, 6) is 0.590. The summed E-state index contributed by atoms with van der Waals surface area (Å²) in [6, 6.07) is 6.19. The van der Waals surface area contributed by atoms with Gasteiger partial charge in [-0.2, -0.15) is 0 Å². The third kappa shape index (κ3) is 1.95. The predicted octanol–water partition coefficient (Wildman–Crippen LogP) is 2.54. The number of imidazole rings is 1. The molecule has 1 aliphatic heterocycles. The van der Waals surface area contributed by atoms with E-state index in [0.29, 0.717) is 17.0 Å². The summed E-state index contributed by atoms with van der Waals surface area (Å²) in [5.41, 5.74) is 8.03. The summed E-state index contributed by atoms with van der Waals surface area (Å²) in [4.78, 5) is 6.75. The minimum Gasteiger partial charge on any atom is -0.369 e. The van der Waals surface area contributed by atoms with Crippen LogP contribution in [0.4, 0.5) is 5.95 Å². The van der Waals surface area contributed by atoms with Crippen LogP contribution in [0.5, 0.6) is 0 Å². The van der Waals surface area contributed by atoms with Crippen LogP contribution in [0.3, 0.4) is 0 Å². The van der Waals surface area contributed by atoms with Crippen LogP contribution in [0.2, 0.25) is 5.02 Å². The highest BCUT2D eigenvalue weighted by molar-refractivity contribution is 6.31. The second-order valence-corrected chi connectivity index (χ2v) is 5.47. The molecular weight excluding hydrogens is 248 g/mol. The van der Waals surface area contributed by atoms with Crippen LogP contribution in [0.15, 0.2) is 18.2 Å². The quantitative estimate of drug-likeness (QED) is 0.861. The molecule has 3 rings (SSSR count). The van der Waals surface area contributed by atoms with Gasteiger partial charge in [-0.15, -0.1) is 0 Å². The van der Waals surface area contributed by atoms with Crippen LogP contribution in [0.25, 0.3) is 11.0 Å². The molecule has 2 aromatic rings. The second-order valence-electron chi connectivity index (χ2n) is 5.03. The number of anilines is 1. The zero-order valence-electron chi connectivity index (χ0n) is 10.4. The van der Waals surface area contributed by atoms with Crippen molar-refractivity contribution in [1.82, 2.24) is 14.5 Å². The first-order valence-electron chi connectivity index (χ1n) is 6.26. The maximum atomic E-state index is 6.07. The van der Waals surface area contributed by atoms with Crippen LogP contribution in [0.1, 0.15) is 18.9 Å².